The second kappa shape index (κ2) is 13.2. The molecule has 0 atom stereocenters. The van der Waals surface area contributed by atoms with Crippen LogP contribution in [0.15, 0.2) is 209 Å². The van der Waals surface area contributed by atoms with E-state index in [2.05, 4.69) is 201 Å². The molecule has 1 aliphatic carbocycles. The van der Waals surface area contributed by atoms with E-state index in [0.717, 1.165) is 72.1 Å². The van der Waals surface area contributed by atoms with Gasteiger partial charge in [-0.2, -0.15) is 0 Å². The van der Waals surface area contributed by atoms with Crippen LogP contribution in [0.25, 0.3) is 88.4 Å². The monoisotopic (exact) mass is 769 g/mol. The molecule has 0 amide bonds. The first-order chi connectivity index (χ1) is 29.5. The summed E-state index contributed by atoms with van der Waals surface area (Å²) in [6.45, 7) is 4.70. The van der Waals surface area contributed by atoms with E-state index in [-0.39, 0.29) is 5.41 Å². The van der Waals surface area contributed by atoms with Crippen molar-refractivity contribution in [2.75, 3.05) is 4.90 Å². The van der Waals surface area contributed by atoms with Crippen molar-refractivity contribution in [2.45, 2.75) is 19.3 Å². The standard InChI is InChI=1S/C57H39NO2/c1-57(2)49-19-11-9-17-44(49)45-30-29-42(35-50(45)57)58(41-27-25-39(26-28-41)37-15-7-4-8-16-37)43-33-47(40-23-21-38(22-24-40)36-13-5-3-6-14-36)56-48(34-43)55-53(60-56)32-31-52-54(55)46-18-10-12-20-51(46)59-52/h3-35H,1-2H3. The molecule has 3 nitrogen and oxygen atoms in total. The molecule has 11 aromatic rings. The molecule has 0 saturated heterocycles. The van der Waals surface area contributed by atoms with Gasteiger partial charge in [-0.3, -0.25) is 0 Å². The average Bonchev–Trinajstić information content (AvgIpc) is 3.94. The van der Waals surface area contributed by atoms with Crippen molar-refractivity contribution in [2.24, 2.45) is 0 Å². The minimum atomic E-state index is -0.158. The molecule has 2 heterocycles. The van der Waals surface area contributed by atoms with Crippen LogP contribution >= 0.6 is 0 Å². The van der Waals surface area contributed by atoms with E-state index >= 15 is 0 Å². The van der Waals surface area contributed by atoms with Gasteiger partial charge in [-0.25, -0.2) is 0 Å². The van der Waals surface area contributed by atoms with Gasteiger partial charge in [0, 0.05) is 49.6 Å². The molecule has 1 aliphatic rings. The lowest BCUT2D eigenvalue weighted by Crippen LogP contribution is -2.16. The quantitative estimate of drug-likeness (QED) is 0.169. The van der Waals surface area contributed by atoms with Crippen LogP contribution in [0.2, 0.25) is 0 Å². The number of para-hydroxylation sites is 1. The van der Waals surface area contributed by atoms with Crippen LogP contribution in [0.3, 0.4) is 0 Å². The molecule has 12 rings (SSSR count). The Bertz CT molecular complexity index is 3430. The summed E-state index contributed by atoms with van der Waals surface area (Å²) in [4.78, 5) is 2.42. The van der Waals surface area contributed by atoms with Gasteiger partial charge in [0.15, 0.2) is 0 Å². The predicted octanol–water partition coefficient (Wildman–Crippen LogP) is 16.3. The molecule has 60 heavy (non-hydrogen) atoms. The zero-order valence-corrected chi connectivity index (χ0v) is 33.3. The zero-order chi connectivity index (χ0) is 40.0. The second-order valence-corrected chi connectivity index (χ2v) is 16.5. The molecule has 0 unspecified atom stereocenters. The van der Waals surface area contributed by atoms with Crippen LogP contribution in [0.5, 0.6) is 0 Å². The minimum Gasteiger partial charge on any atom is -0.456 e. The molecular weight excluding hydrogens is 731 g/mol. The van der Waals surface area contributed by atoms with Crippen molar-refractivity contribution in [1.82, 2.24) is 0 Å². The molecule has 2 aromatic heterocycles. The highest BCUT2D eigenvalue weighted by Gasteiger charge is 2.36. The minimum absolute atomic E-state index is 0.158. The third kappa shape index (κ3) is 5.29. The number of nitrogens with zero attached hydrogens (tertiary/aromatic N) is 1. The first-order valence-corrected chi connectivity index (χ1v) is 20.7. The number of rotatable bonds is 6. The summed E-state index contributed by atoms with van der Waals surface area (Å²) in [7, 11) is 0. The Morgan fingerprint density at radius 3 is 1.63 bits per heavy atom. The highest BCUT2D eigenvalue weighted by atomic mass is 16.3. The van der Waals surface area contributed by atoms with Gasteiger partial charge in [-0.1, -0.05) is 159 Å². The average molecular weight is 770 g/mol. The number of benzene rings is 9. The van der Waals surface area contributed by atoms with Crippen molar-refractivity contribution < 1.29 is 8.83 Å². The molecule has 3 heteroatoms. The summed E-state index contributed by atoms with van der Waals surface area (Å²) in [6, 6.07) is 71.9. The Morgan fingerprint density at radius 1 is 0.350 bits per heavy atom. The number of furan rings is 2. The third-order valence-corrected chi connectivity index (χ3v) is 12.7. The molecule has 0 saturated carbocycles. The number of hydrogen-bond donors (Lipinski definition) is 0. The first kappa shape index (κ1) is 34.4. The van der Waals surface area contributed by atoms with Crippen molar-refractivity contribution in [1.29, 1.82) is 0 Å². The Balaban J connectivity index is 1.13. The van der Waals surface area contributed by atoms with E-state index in [0.29, 0.717) is 0 Å². The van der Waals surface area contributed by atoms with Crippen molar-refractivity contribution in [3.05, 3.63) is 211 Å². The Labute approximate surface area is 348 Å². The third-order valence-electron chi connectivity index (χ3n) is 12.7. The molecule has 0 radical (unpaired) electrons. The lowest BCUT2D eigenvalue weighted by atomic mass is 9.82. The fourth-order valence-corrected chi connectivity index (χ4v) is 9.70. The summed E-state index contributed by atoms with van der Waals surface area (Å²) in [5.41, 5.74) is 18.6. The van der Waals surface area contributed by atoms with Crippen molar-refractivity contribution in [3.63, 3.8) is 0 Å². The smallest absolute Gasteiger partial charge is 0.143 e. The van der Waals surface area contributed by atoms with Gasteiger partial charge in [0.25, 0.3) is 0 Å². The van der Waals surface area contributed by atoms with E-state index in [1.54, 1.807) is 0 Å². The van der Waals surface area contributed by atoms with Crippen LogP contribution in [-0.2, 0) is 5.41 Å². The lowest BCUT2D eigenvalue weighted by molar-refractivity contribution is 0.660. The van der Waals surface area contributed by atoms with E-state index in [1.165, 1.54) is 44.5 Å². The summed E-state index contributed by atoms with van der Waals surface area (Å²) < 4.78 is 13.4. The number of fused-ring (bicyclic) bond motifs is 10. The Kier molecular flexibility index (Phi) is 7.58. The zero-order valence-electron chi connectivity index (χ0n) is 33.3. The summed E-state index contributed by atoms with van der Waals surface area (Å²) in [5.74, 6) is 0. The molecule has 0 bridgehead atoms. The molecule has 0 spiro atoms. The van der Waals surface area contributed by atoms with Crippen molar-refractivity contribution >= 4 is 60.9 Å². The maximum atomic E-state index is 6.95. The van der Waals surface area contributed by atoms with Crippen LogP contribution < -0.4 is 4.90 Å². The van der Waals surface area contributed by atoms with E-state index in [1.807, 2.05) is 18.2 Å². The molecule has 9 aromatic carbocycles. The van der Waals surface area contributed by atoms with Gasteiger partial charge in [-0.15, -0.1) is 0 Å². The van der Waals surface area contributed by atoms with Crippen LogP contribution in [0.1, 0.15) is 25.0 Å². The molecule has 0 N–H and O–H groups in total. The van der Waals surface area contributed by atoms with E-state index < -0.39 is 0 Å². The summed E-state index contributed by atoms with van der Waals surface area (Å²) >= 11 is 0. The Hall–Kier alpha value is -7.62. The van der Waals surface area contributed by atoms with Gasteiger partial charge in [-0.05, 0) is 105 Å². The highest BCUT2D eigenvalue weighted by Crippen LogP contribution is 2.52. The van der Waals surface area contributed by atoms with Gasteiger partial charge in [0.1, 0.15) is 22.3 Å². The van der Waals surface area contributed by atoms with E-state index in [9.17, 15) is 0 Å². The first-order valence-electron chi connectivity index (χ1n) is 20.7. The SMILES string of the molecule is CC1(C)c2ccccc2-c2ccc(N(c3ccc(-c4ccccc4)cc3)c3cc(-c4ccc(-c5ccccc5)cc4)c4oc5ccc6oc7ccccc7c6c5c4c3)cc21. The van der Waals surface area contributed by atoms with E-state index in [4.69, 9.17) is 8.83 Å². The lowest BCUT2D eigenvalue weighted by Gasteiger charge is -2.29. The van der Waals surface area contributed by atoms with Crippen LogP contribution in [0.4, 0.5) is 17.1 Å². The normalized spacial score (nSPS) is 13.0. The van der Waals surface area contributed by atoms with Crippen molar-refractivity contribution in [3.8, 4) is 44.5 Å². The largest absolute Gasteiger partial charge is 0.456 e. The van der Waals surface area contributed by atoms with Gasteiger partial charge >= 0.3 is 0 Å². The number of anilines is 3. The second-order valence-electron chi connectivity index (χ2n) is 16.5. The van der Waals surface area contributed by atoms with Gasteiger partial charge < -0.3 is 13.7 Å². The highest BCUT2D eigenvalue weighted by molar-refractivity contribution is 6.27. The van der Waals surface area contributed by atoms with Gasteiger partial charge in [0.05, 0.1) is 0 Å². The molecule has 0 fully saturated rings. The molecule has 284 valence electrons. The molecule has 0 aliphatic heterocycles. The predicted molar refractivity (Wildman–Crippen MR) is 250 cm³/mol. The summed E-state index contributed by atoms with van der Waals surface area (Å²) in [6.07, 6.45) is 0. The van der Waals surface area contributed by atoms with Crippen LogP contribution in [0, 0.1) is 0 Å². The van der Waals surface area contributed by atoms with Crippen LogP contribution in [-0.4, -0.2) is 0 Å². The molecular formula is C57H39NO2. The Morgan fingerprint density at radius 2 is 0.900 bits per heavy atom. The maximum Gasteiger partial charge on any atom is 0.143 e. The summed E-state index contributed by atoms with van der Waals surface area (Å²) in [5, 5.41) is 4.25. The number of hydrogen-bond acceptors (Lipinski definition) is 3. The fraction of sp³-hybridized carbons (Fsp3) is 0.0526. The maximum absolute atomic E-state index is 6.95. The van der Waals surface area contributed by atoms with Gasteiger partial charge in [0.2, 0.25) is 0 Å². The topological polar surface area (TPSA) is 29.5 Å². The fourth-order valence-electron chi connectivity index (χ4n) is 9.70.